The van der Waals surface area contributed by atoms with Crippen LogP contribution in [-0.4, -0.2) is 15.2 Å². The molecule has 2 aromatic carbocycles. The minimum atomic E-state index is -0.732. The minimum absolute atomic E-state index is 0.0487. The van der Waals surface area contributed by atoms with Gasteiger partial charge in [0.25, 0.3) is 5.89 Å². The van der Waals surface area contributed by atoms with E-state index in [0.29, 0.717) is 5.56 Å². The van der Waals surface area contributed by atoms with Crippen LogP contribution in [0.3, 0.4) is 0 Å². The summed E-state index contributed by atoms with van der Waals surface area (Å²) < 4.78 is 31.4. The van der Waals surface area contributed by atoms with Gasteiger partial charge in [-0.3, -0.25) is 0 Å². The summed E-state index contributed by atoms with van der Waals surface area (Å²) in [5, 5.41) is 13.2. The molecule has 0 fully saturated rings. The van der Waals surface area contributed by atoms with E-state index in [1.807, 2.05) is 0 Å². The summed E-state index contributed by atoms with van der Waals surface area (Å²) in [6.07, 6.45) is 0. The van der Waals surface area contributed by atoms with Gasteiger partial charge in [0.15, 0.2) is 0 Å². The van der Waals surface area contributed by atoms with Crippen molar-refractivity contribution in [3.8, 4) is 28.6 Å². The van der Waals surface area contributed by atoms with Gasteiger partial charge in [-0.1, -0.05) is 16.8 Å². The maximum absolute atomic E-state index is 13.2. The van der Waals surface area contributed by atoms with E-state index in [4.69, 9.17) is 16.1 Å². The number of hydrogen-bond donors (Lipinski definition) is 1. The molecule has 21 heavy (non-hydrogen) atoms. The summed E-state index contributed by atoms with van der Waals surface area (Å²) in [4.78, 5) is 4.05. The fourth-order valence-corrected chi connectivity index (χ4v) is 1.96. The van der Waals surface area contributed by atoms with E-state index in [0.717, 1.165) is 18.2 Å². The number of aromatic hydroxyl groups is 1. The van der Waals surface area contributed by atoms with E-state index in [1.54, 1.807) is 0 Å². The highest BCUT2D eigenvalue weighted by atomic mass is 35.5. The second-order valence-corrected chi connectivity index (χ2v) is 4.65. The van der Waals surface area contributed by atoms with Crippen molar-refractivity contribution < 1.29 is 18.4 Å². The second kappa shape index (κ2) is 5.14. The smallest absolute Gasteiger partial charge is 0.258 e. The highest BCUT2D eigenvalue weighted by Gasteiger charge is 2.13. The molecule has 0 bridgehead atoms. The van der Waals surface area contributed by atoms with Crippen molar-refractivity contribution in [3.63, 3.8) is 0 Å². The molecule has 3 aromatic rings. The molecule has 0 saturated heterocycles. The number of halogens is 3. The monoisotopic (exact) mass is 308 g/mol. The summed E-state index contributed by atoms with van der Waals surface area (Å²) in [7, 11) is 0. The molecule has 0 atom stereocenters. The van der Waals surface area contributed by atoms with Gasteiger partial charge in [-0.15, -0.1) is 0 Å². The zero-order valence-electron chi connectivity index (χ0n) is 10.3. The number of benzene rings is 2. The molecule has 0 aliphatic rings. The molecule has 0 radical (unpaired) electrons. The van der Waals surface area contributed by atoms with Crippen molar-refractivity contribution in [1.29, 1.82) is 0 Å². The van der Waals surface area contributed by atoms with Crippen LogP contribution in [0.25, 0.3) is 22.8 Å². The van der Waals surface area contributed by atoms with Gasteiger partial charge in [-0.25, -0.2) is 8.78 Å². The lowest BCUT2D eigenvalue weighted by Gasteiger charge is -1.98. The molecule has 1 heterocycles. The number of hydrogen-bond acceptors (Lipinski definition) is 4. The lowest BCUT2D eigenvalue weighted by molar-refractivity contribution is 0.432. The average Bonchev–Trinajstić information content (AvgIpc) is 2.90. The first-order valence-corrected chi connectivity index (χ1v) is 6.20. The van der Waals surface area contributed by atoms with Gasteiger partial charge in [0.2, 0.25) is 5.82 Å². The topological polar surface area (TPSA) is 59.2 Å². The Bertz CT molecular complexity index is 800. The van der Waals surface area contributed by atoms with Crippen LogP contribution in [0.4, 0.5) is 8.78 Å². The molecule has 0 aliphatic heterocycles. The van der Waals surface area contributed by atoms with Gasteiger partial charge in [0.05, 0.1) is 5.02 Å². The Hall–Kier alpha value is -2.47. The lowest BCUT2D eigenvalue weighted by atomic mass is 10.2. The fraction of sp³-hybridized carbons (Fsp3) is 0. The third kappa shape index (κ3) is 2.71. The van der Waals surface area contributed by atoms with Gasteiger partial charge in [-0.05, 0) is 30.3 Å². The van der Waals surface area contributed by atoms with E-state index in [9.17, 15) is 13.9 Å². The first-order valence-electron chi connectivity index (χ1n) is 5.82. The molecule has 0 unspecified atom stereocenters. The van der Waals surface area contributed by atoms with Crippen LogP contribution >= 0.6 is 11.6 Å². The molecular formula is C14H7ClF2N2O2. The SMILES string of the molecule is Oc1ccc(-c2nc(-c3cc(F)cc(F)c3)no2)cc1Cl. The fourth-order valence-electron chi connectivity index (χ4n) is 1.78. The average molecular weight is 309 g/mol. The van der Waals surface area contributed by atoms with Gasteiger partial charge < -0.3 is 9.63 Å². The van der Waals surface area contributed by atoms with Crippen molar-refractivity contribution in [2.45, 2.75) is 0 Å². The van der Waals surface area contributed by atoms with Gasteiger partial charge in [0, 0.05) is 17.2 Å². The Morgan fingerprint density at radius 1 is 1.00 bits per heavy atom. The maximum Gasteiger partial charge on any atom is 0.258 e. The first-order chi connectivity index (χ1) is 10.0. The van der Waals surface area contributed by atoms with Crippen LogP contribution in [0.2, 0.25) is 5.02 Å². The van der Waals surface area contributed by atoms with Crippen molar-refractivity contribution in [1.82, 2.24) is 10.1 Å². The van der Waals surface area contributed by atoms with Gasteiger partial charge in [0.1, 0.15) is 17.4 Å². The summed E-state index contributed by atoms with van der Waals surface area (Å²) in [6.45, 7) is 0. The van der Waals surface area contributed by atoms with E-state index >= 15 is 0 Å². The van der Waals surface area contributed by atoms with Crippen LogP contribution in [-0.2, 0) is 0 Å². The number of rotatable bonds is 2. The highest BCUT2D eigenvalue weighted by Crippen LogP contribution is 2.29. The van der Waals surface area contributed by atoms with Gasteiger partial charge >= 0.3 is 0 Å². The number of nitrogens with zero attached hydrogens (tertiary/aromatic N) is 2. The lowest BCUT2D eigenvalue weighted by Crippen LogP contribution is -1.86. The third-order valence-corrected chi connectivity index (χ3v) is 3.04. The zero-order chi connectivity index (χ0) is 15.0. The van der Waals surface area contributed by atoms with E-state index < -0.39 is 11.6 Å². The summed E-state index contributed by atoms with van der Waals surface area (Å²) in [5.74, 6) is -1.37. The molecule has 0 spiro atoms. The molecule has 106 valence electrons. The largest absolute Gasteiger partial charge is 0.506 e. The van der Waals surface area contributed by atoms with Crippen LogP contribution in [0.5, 0.6) is 5.75 Å². The van der Waals surface area contributed by atoms with Crippen molar-refractivity contribution in [2.75, 3.05) is 0 Å². The summed E-state index contributed by atoms with van der Waals surface area (Å²) in [6, 6.07) is 7.31. The summed E-state index contributed by atoms with van der Waals surface area (Å²) in [5.41, 5.74) is 0.640. The van der Waals surface area contributed by atoms with Crippen LogP contribution in [0.1, 0.15) is 0 Å². The van der Waals surface area contributed by atoms with E-state index in [1.165, 1.54) is 18.2 Å². The minimum Gasteiger partial charge on any atom is -0.506 e. The predicted octanol–water partition coefficient (Wildman–Crippen LogP) is 4.04. The van der Waals surface area contributed by atoms with E-state index in [2.05, 4.69) is 10.1 Å². The standard InChI is InChI=1S/C14H7ClF2N2O2/c15-11-5-7(1-2-12(11)20)14-18-13(19-21-14)8-3-9(16)6-10(17)4-8/h1-6,20H. The predicted molar refractivity (Wildman–Crippen MR) is 71.8 cm³/mol. The number of aromatic nitrogens is 2. The van der Waals surface area contributed by atoms with Crippen LogP contribution < -0.4 is 0 Å². The van der Waals surface area contributed by atoms with Crippen molar-refractivity contribution >= 4 is 11.6 Å². The number of phenolic OH excluding ortho intramolecular Hbond substituents is 1. The first kappa shape index (κ1) is 13.5. The Morgan fingerprint density at radius 3 is 2.38 bits per heavy atom. The third-order valence-electron chi connectivity index (χ3n) is 2.74. The van der Waals surface area contributed by atoms with Crippen molar-refractivity contribution in [2.24, 2.45) is 0 Å². The molecule has 1 aromatic heterocycles. The molecular weight excluding hydrogens is 302 g/mol. The molecule has 0 amide bonds. The van der Waals surface area contributed by atoms with Crippen LogP contribution in [0.15, 0.2) is 40.9 Å². The summed E-state index contributed by atoms with van der Waals surface area (Å²) >= 11 is 5.79. The van der Waals surface area contributed by atoms with Crippen LogP contribution in [0, 0.1) is 11.6 Å². The Balaban J connectivity index is 2.01. The molecule has 1 N–H and O–H groups in total. The van der Waals surface area contributed by atoms with Crippen molar-refractivity contribution in [3.05, 3.63) is 53.1 Å². The highest BCUT2D eigenvalue weighted by molar-refractivity contribution is 6.32. The number of phenols is 1. The maximum atomic E-state index is 13.2. The Morgan fingerprint density at radius 2 is 1.71 bits per heavy atom. The molecule has 3 rings (SSSR count). The molecule has 0 saturated carbocycles. The molecule has 4 nitrogen and oxygen atoms in total. The van der Waals surface area contributed by atoms with E-state index in [-0.39, 0.29) is 28.1 Å². The van der Waals surface area contributed by atoms with Gasteiger partial charge in [-0.2, -0.15) is 4.98 Å². The second-order valence-electron chi connectivity index (χ2n) is 4.25. The zero-order valence-corrected chi connectivity index (χ0v) is 11.1. The molecule has 0 aliphatic carbocycles. The Labute approximate surface area is 122 Å². The Kier molecular flexibility index (Phi) is 3.31. The quantitative estimate of drug-likeness (QED) is 0.776. The molecule has 7 heteroatoms. The normalized spacial score (nSPS) is 10.8.